The second-order valence-electron chi connectivity index (χ2n) is 7.05. The molecule has 0 saturated carbocycles. The van der Waals surface area contributed by atoms with Gasteiger partial charge in [-0.15, -0.1) is 12.4 Å². The highest BCUT2D eigenvalue weighted by atomic mass is 35.5. The minimum Gasteiger partial charge on any atom is -0.368 e. The Kier molecular flexibility index (Phi) is 7.27. The molecule has 3 aromatic rings. The third kappa shape index (κ3) is 4.98. The summed E-state index contributed by atoms with van der Waals surface area (Å²) in [6.07, 6.45) is -3.78. The fourth-order valence-corrected chi connectivity index (χ4v) is 3.88. The lowest BCUT2D eigenvalue weighted by Crippen LogP contribution is -2.49. The Hall–Kier alpha value is -2.42. The van der Waals surface area contributed by atoms with E-state index in [1.807, 2.05) is 23.1 Å². The van der Waals surface area contributed by atoms with Crippen molar-refractivity contribution in [3.8, 4) is 5.69 Å². The van der Waals surface area contributed by atoms with Crippen LogP contribution in [0.1, 0.15) is 16.1 Å². The van der Waals surface area contributed by atoms with Crippen LogP contribution < -0.4 is 4.90 Å². The molecule has 1 fully saturated rings. The summed E-state index contributed by atoms with van der Waals surface area (Å²) in [6.45, 7) is 1.54. The van der Waals surface area contributed by atoms with E-state index in [1.165, 1.54) is 29.2 Å². The van der Waals surface area contributed by atoms with Crippen LogP contribution in [0, 0.1) is 0 Å². The molecule has 0 bridgehead atoms. The molecule has 170 valence electrons. The van der Waals surface area contributed by atoms with Gasteiger partial charge in [-0.1, -0.05) is 29.3 Å². The van der Waals surface area contributed by atoms with E-state index in [0.717, 1.165) is 16.6 Å². The Labute approximate surface area is 198 Å². The number of hydrogen-bond acceptors (Lipinski definition) is 3. The van der Waals surface area contributed by atoms with Gasteiger partial charge in [-0.25, -0.2) is 4.68 Å². The molecule has 32 heavy (non-hydrogen) atoms. The molecule has 2 heterocycles. The normalized spacial score (nSPS) is 14.3. The number of nitrogens with zero attached hydrogens (tertiary/aromatic N) is 4. The molecule has 1 saturated heterocycles. The highest BCUT2D eigenvalue weighted by molar-refractivity contribution is 6.31. The summed E-state index contributed by atoms with van der Waals surface area (Å²) in [5.41, 5.74) is -0.497. The van der Waals surface area contributed by atoms with E-state index < -0.39 is 23.3 Å². The molecule has 11 heteroatoms. The molecule has 0 N–H and O–H groups in total. The summed E-state index contributed by atoms with van der Waals surface area (Å²) in [7, 11) is 0. The van der Waals surface area contributed by atoms with E-state index >= 15 is 0 Å². The summed E-state index contributed by atoms with van der Waals surface area (Å²) >= 11 is 11.9. The molecule has 0 atom stereocenters. The highest BCUT2D eigenvalue weighted by Crippen LogP contribution is 2.34. The van der Waals surface area contributed by atoms with Gasteiger partial charge in [-0.2, -0.15) is 18.3 Å². The van der Waals surface area contributed by atoms with Crippen LogP contribution in [-0.4, -0.2) is 46.8 Å². The molecule has 0 spiro atoms. The van der Waals surface area contributed by atoms with Gasteiger partial charge in [0.1, 0.15) is 0 Å². The van der Waals surface area contributed by atoms with E-state index in [0.29, 0.717) is 23.1 Å². The van der Waals surface area contributed by atoms with Crippen LogP contribution in [0.2, 0.25) is 10.0 Å². The number of carbonyl (C=O) groups is 1. The molecular weight excluding hydrogens is 488 g/mol. The van der Waals surface area contributed by atoms with Crippen molar-refractivity contribution in [2.45, 2.75) is 6.18 Å². The number of piperazine rings is 1. The van der Waals surface area contributed by atoms with Crippen molar-refractivity contribution in [1.29, 1.82) is 0 Å². The Balaban J connectivity index is 0.00000289. The zero-order valence-electron chi connectivity index (χ0n) is 16.5. The third-order valence-electron chi connectivity index (χ3n) is 5.08. The largest absolute Gasteiger partial charge is 0.434 e. The predicted molar refractivity (Wildman–Crippen MR) is 120 cm³/mol. The molecule has 4 rings (SSSR count). The number of carbonyl (C=O) groups excluding carboxylic acids is 1. The second-order valence-corrected chi connectivity index (χ2v) is 7.92. The second kappa shape index (κ2) is 9.60. The van der Waals surface area contributed by atoms with Crippen molar-refractivity contribution in [3.63, 3.8) is 0 Å². The van der Waals surface area contributed by atoms with Crippen molar-refractivity contribution in [3.05, 3.63) is 76.0 Å². The monoisotopic (exact) mass is 504 g/mol. The first-order valence-electron chi connectivity index (χ1n) is 9.45. The molecule has 1 aliphatic rings. The average Bonchev–Trinajstić information content (AvgIpc) is 3.20. The number of benzene rings is 2. The maximum Gasteiger partial charge on any atom is 0.434 e. The Morgan fingerprint density at radius 1 is 0.906 bits per heavy atom. The Morgan fingerprint density at radius 3 is 2.16 bits per heavy atom. The molecule has 2 aromatic carbocycles. The van der Waals surface area contributed by atoms with E-state index in [2.05, 4.69) is 5.10 Å². The minimum atomic E-state index is -4.76. The molecule has 0 unspecified atom stereocenters. The molecule has 5 nitrogen and oxygen atoms in total. The number of halogens is 6. The van der Waals surface area contributed by atoms with Gasteiger partial charge in [0.25, 0.3) is 5.91 Å². The van der Waals surface area contributed by atoms with Crippen molar-refractivity contribution in [2.24, 2.45) is 0 Å². The van der Waals surface area contributed by atoms with Crippen LogP contribution in [0.5, 0.6) is 0 Å². The first-order chi connectivity index (χ1) is 14.7. The van der Waals surface area contributed by atoms with Crippen LogP contribution in [-0.2, 0) is 6.18 Å². The van der Waals surface area contributed by atoms with Crippen LogP contribution in [0.3, 0.4) is 0 Å². The first-order valence-corrected chi connectivity index (χ1v) is 10.2. The lowest BCUT2D eigenvalue weighted by molar-refractivity contribution is -0.143. The number of hydrogen-bond donors (Lipinski definition) is 0. The average molecular weight is 506 g/mol. The quantitative estimate of drug-likeness (QED) is 0.466. The van der Waals surface area contributed by atoms with Crippen molar-refractivity contribution in [2.75, 3.05) is 31.1 Å². The highest BCUT2D eigenvalue weighted by Gasteiger charge is 2.41. The SMILES string of the molecule is Cl.O=C(c1cnn(-c2ccc(Cl)cc2)c1C(F)(F)F)N1CCN(c2cccc(Cl)c2)CC1. The Morgan fingerprint density at radius 2 is 1.56 bits per heavy atom. The molecule has 1 aromatic heterocycles. The van der Waals surface area contributed by atoms with Crippen LogP contribution in [0.25, 0.3) is 5.69 Å². The van der Waals surface area contributed by atoms with Gasteiger partial charge in [-0.05, 0) is 42.5 Å². The summed E-state index contributed by atoms with van der Waals surface area (Å²) in [5.74, 6) is -0.696. The van der Waals surface area contributed by atoms with Crippen molar-refractivity contribution >= 4 is 47.2 Å². The van der Waals surface area contributed by atoms with Gasteiger partial charge in [0.2, 0.25) is 0 Å². The van der Waals surface area contributed by atoms with Gasteiger partial charge in [-0.3, -0.25) is 4.79 Å². The summed E-state index contributed by atoms with van der Waals surface area (Å²) in [5, 5.41) is 4.84. The molecule has 1 amide bonds. The van der Waals surface area contributed by atoms with E-state index in [1.54, 1.807) is 6.07 Å². The zero-order chi connectivity index (χ0) is 22.2. The van der Waals surface area contributed by atoms with Crippen LogP contribution in [0.4, 0.5) is 18.9 Å². The topological polar surface area (TPSA) is 41.4 Å². The van der Waals surface area contributed by atoms with Gasteiger partial charge in [0.15, 0.2) is 5.69 Å². The number of rotatable bonds is 3. The zero-order valence-corrected chi connectivity index (χ0v) is 18.8. The first kappa shape index (κ1) is 24.2. The molecule has 0 radical (unpaired) electrons. The number of amides is 1. The van der Waals surface area contributed by atoms with E-state index in [4.69, 9.17) is 23.2 Å². The summed E-state index contributed by atoms with van der Waals surface area (Å²) < 4.78 is 42.4. The Bertz CT molecular complexity index is 1090. The number of aromatic nitrogens is 2. The predicted octanol–water partition coefficient (Wildman–Crippen LogP) is 5.58. The lowest BCUT2D eigenvalue weighted by atomic mass is 10.1. The number of alkyl halides is 3. The van der Waals surface area contributed by atoms with E-state index in [-0.39, 0.29) is 31.2 Å². The van der Waals surface area contributed by atoms with Gasteiger partial charge in [0.05, 0.1) is 17.4 Å². The fraction of sp³-hybridized carbons (Fsp3) is 0.238. The van der Waals surface area contributed by atoms with Gasteiger partial charge < -0.3 is 9.80 Å². The molecule has 0 aliphatic carbocycles. The maximum absolute atomic E-state index is 13.9. The van der Waals surface area contributed by atoms with Crippen LogP contribution >= 0.6 is 35.6 Å². The minimum absolute atomic E-state index is 0. The van der Waals surface area contributed by atoms with Crippen LogP contribution in [0.15, 0.2) is 54.7 Å². The fourth-order valence-electron chi connectivity index (χ4n) is 3.57. The molecular formula is C21H18Cl3F3N4O. The van der Waals surface area contributed by atoms with Crippen molar-refractivity contribution in [1.82, 2.24) is 14.7 Å². The summed E-state index contributed by atoms with van der Waals surface area (Å²) in [6, 6.07) is 13.1. The molecule has 1 aliphatic heterocycles. The van der Waals surface area contributed by atoms with Crippen molar-refractivity contribution < 1.29 is 18.0 Å². The smallest absolute Gasteiger partial charge is 0.368 e. The lowest BCUT2D eigenvalue weighted by Gasteiger charge is -2.36. The standard InChI is InChI=1S/C21H17Cl2F3N4O.ClH/c22-14-4-6-16(7-5-14)30-19(21(24,25)26)18(13-27-30)20(31)29-10-8-28(9-11-29)17-3-1-2-15(23)12-17;/h1-7,12-13H,8-11H2;1H. The van der Waals surface area contributed by atoms with Gasteiger partial charge >= 0.3 is 6.18 Å². The summed E-state index contributed by atoms with van der Waals surface area (Å²) in [4.78, 5) is 16.4. The third-order valence-corrected chi connectivity index (χ3v) is 5.57. The number of anilines is 1. The maximum atomic E-state index is 13.9. The van der Waals surface area contributed by atoms with E-state index in [9.17, 15) is 18.0 Å². The van der Waals surface area contributed by atoms with Gasteiger partial charge in [0, 0.05) is 41.9 Å².